The van der Waals surface area contributed by atoms with Crippen LogP contribution in [0.25, 0.3) is 0 Å². The summed E-state index contributed by atoms with van der Waals surface area (Å²) >= 11 is 0. The third-order valence-electron chi connectivity index (χ3n) is 2.83. The van der Waals surface area contributed by atoms with Crippen molar-refractivity contribution in [3.63, 3.8) is 0 Å². The van der Waals surface area contributed by atoms with Gasteiger partial charge in [-0.25, -0.2) is 0 Å². The van der Waals surface area contributed by atoms with E-state index >= 15 is 0 Å². The van der Waals surface area contributed by atoms with Gasteiger partial charge in [0.25, 0.3) is 0 Å². The Kier molecular flexibility index (Phi) is 4.35. The highest BCUT2D eigenvalue weighted by molar-refractivity contribution is 5.79. The summed E-state index contributed by atoms with van der Waals surface area (Å²) in [6, 6.07) is 0.160. The lowest BCUT2D eigenvalue weighted by atomic mass is 10.1. The molecule has 1 saturated heterocycles. The molecule has 1 N–H and O–H groups in total. The minimum atomic E-state index is 0.160. The van der Waals surface area contributed by atoms with Crippen LogP contribution in [-0.4, -0.2) is 50.7 Å². The number of hydrogen-bond acceptors (Lipinski definition) is 3. The Morgan fingerprint density at radius 3 is 2.93 bits per heavy atom. The van der Waals surface area contributed by atoms with Crippen molar-refractivity contribution in [3.05, 3.63) is 0 Å². The first kappa shape index (κ1) is 11.5. The zero-order valence-corrected chi connectivity index (χ0v) is 9.25. The van der Waals surface area contributed by atoms with Crippen LogP contribution >= 0.6 is 0 Å². The van der Waals surface area contributed by atoms with Crippen LogP contribution in [0.3, 0.4) is 0 Å². The van der Waals surface area contributed by atoms with Crippen molar-refractivity contribution < 1.29 is 9.53 Å². The Hall–Kier alpha value is -0.610. The fourth-order valence-electron chi connectivity index (χ4n) is 1.72. The molecule has 0 aromatic heterocycles. The first-order chi connectivity index (χ1) is 6.66. The van der Waals surface area contributed by atoms with Gasteiger partial charge in [-0.1, -0.05) is 0 Å². The molecule has 4 nitrogen and oxygen atoms in total. The third kappa shape index (κ3) is 2.69. The van der Waals surface area contributed by atoms with Gasteiger partial charge < -0.3 is 15.0 Å². The van der Waals surface area contributed by atoms with Gasteiger partial charge in [0.1, 0.15) is 0 Å². The maximum atomic E-state index is 11.9. The molecular weight excluding hydrogens is 180 g/mol. The second-order valence-electron chi connectivity index (χ2n) is 3.94. The Bertz CT molecular complexity index is 191. The van der Waals surface area contributed by atoms with Crippen molar-refractivity contribution >= 4 is 5.91 Å². The van der Waals surface area contributed by atoms with Crippen molar-refractivity contribution in [2.75, 3.05) is 33.9 Å². The van der Waals surface area contributed by atoms with Crippen LogP contribution in [0.15, 0.2) is 0 Å². The molecule has 0 radical (unpaired) electrons. The molecule has 1 aliphatic heterocycles. The van der Waals surface area contributed by atoms with E-state index in [1.165, 1.54) is 0 Å². The lowest BCUT2D eigenvalue weighted by molar-refractivity contribution is -0.136. The van der Waals surface area contributed by atoms with Crippen LogP contribution in [0.4, 0.5) is 0 Å². The molecule has 82 valence electrons. The third-order valence-corrected chi connectivity index (χ3v) is 2.83. The van der Waals surface area contributed by atoms with E-state index in [1.807, 2.05) is 14.0 Å². The fraction of sp³-hybridized carbons (Fsp3) is 0.900. The van der Waals surface area contributed by atoms with E-state index in [0.717, 1.165) is 19.5 Å². The minimum absolute atomic E-state index is 0.160. The highest BCUT2D eigenvalue weighted by Gasteiger charge is 2.27. The number of amides is 1. The lowest BCUT2D eigenvalue weighted by Crippen LogP contribution is -2.41. The van der Waals surface area contributed by atoms with Gasteiger partial charge >= 0.3 is 0 Å². The molecule has 0 aromatic rings. The first-order valence-corrected chi connectivity index (χ1v) is 5.13. The number of methoxy groups -OCH3 is 1. The van der Waals surface area contributed by atoms with E-state index in [4.69, 9.17) is 4.74 Å². The van der Waals surface area contributed by atoms with Crippen LogP contribution in [0, 0.1) is 5.92 Å². The number of carbonyl (C=O) groups is 1. The van der Waals surface area contributed by atoms with Gasteiger partial charge in [0, 0.05) is 20.7 Å². The number of nitrogens with one attached hydrogen (secondary N) is 1. The Balaban J connectivity index is 2.42. The van der Waals surface area contributed by atoms with E-state index in [-0.39, 0.29) is 17.9 Å². The van der Waals surface area contributed by atoms with Crippen molar-refractivity contribution in [2.24, 2.45) is 5.92 Å². The number of carbonyl (C=O) groups excluding carboxylic acids is 1. The van der Waals surface area contributed by atoms with Gasteiger partial charge in [-0.15, -0.1) is 0 Å². The number of hydrogen-bond donors (Lipinski definition) is 1. The smallest absolute Gasteiger partial charge is 0.227 e. The molecular formula is C10H20N2O2. The van der Waals surface area contributed by atoms with Crippen molar-refractivity contribution in [2.45, 2.75) is 19.4 Å². The fourth-order valence-corrected chi connectivity index (χ4v) is 1.72. The van der Waals surface area contributed by atoms with E-state index in [2.05, 4.69) is 5.32 Å². The van der Waals surface area contributed by atoms with Gasteiger partial charge in [0.05, 0.1) is 18.6 Å². The van der Waals surface area contributed by atoms with Crippen LogP contribution in [0.1, 0.15) is 13.3 Å². The van der Waals surface area contributed by atoms with E-state index in [1.54, 1.807) is 12.0 Å². The molecule has 1 fully saturated rings. The quantitative estimate of drug-likeness (QED) is 0.699. The molecule has 0 spiro atoms. The monoisotopic (exact) mass is 200 g/mol. The normalized spacial score (nSPS) is 23.5. The molecule has 0 aliphatic carbocycles. The topological polar surface area (TPSA) is 41.6 Å². The predicted molar refractivity (Wildman–Crippen MR) is 55.1 cm³/mol. The highest BCUT2D eigenvalue weighted by Crippen LogP contribution is 2.12. The average molecular weight is 200 g/mol. The maximum Gasteiger partial charge on any atom is 0.227 e. The summed E-state index contributed by atoms with van der Waals surface area (Å²) in [7, 11) is 3.51. The largest absolute Gasteiger partial charge is 0.383 e. The summed E-state index contributed by atoms with van der Waals surface area (Å²) in [6.07, 6.45) is 0.961. The van der Waals surface area contributed by atoms with E-state index in [9.17, 15) is 4.79 Å². The summed E-state index contributed by atoms with van der Waals surface area (Å²) in [4.78, 5) is 13.7. The van der Waals surface area contributed by atoms with E-state index in [0.29, 0.717) is 6.61 Å². The summed E-state index contributed by atoms with van der Waals surface area (Å²) in [5, 5.41) is 3.20. The first-order valence-electron chi connectivity index (χ1n) is 5.13. The van der Waals surface area contributed by atoms with Crippen LogP contribution in [0.5, 0.6) is 0 Å². The Morgan fingerprint density at radius 2 is 2.43 bits per heavy atom. The molecule has 1 rings (SSSR count). The molecule has 0 saturated carbocycles. The Labute approximate surface area is 85.6 Å². The number of rotatable bonds is 4. The molecule has 0 aromatic carbocycles. The second kappa shape index (κ2) is 5.32. The number of nitrogens with zero attached hydrogens (tertiary/aromatic N) is 1. The van der Waals surface area contributed by atoms with Crippen LogP contribution in [0.2, 0.25) is 0 Å². The summed E-state index contributed by atoms with van der Waals surface area (Å²) < 4.78 is 5.03. The zero-order valence-electron chi connectivity index (χ0n) is 9.25. The number of ether oxygens (including phenoxy) is 1. The zero-order chi connectivity index (χ0) is 10.6. The van der Waals surface area contributed by atoms with Crippen LogP contribution in [-0.2, 0) is 9.53 Å². The van der Waals surface area contributed by atoms with Gasteiger partial charge in [0.2, 0.25) is 5.91 Å². The molecule has 0 bridgehead atoms. The minimum Gasteiger partial charge on any atom is -0.383 e. The molecule has 4 heteroatoms. The second-order valence-corrected chi connectivity index (χ2v) is 3.94. The highest BCUT2D eigenvalue weighted by atomic mass is 16.5. The van der Waals surface area contributed by atoms with Gasteiger partial charge in [-0.3, -0.25) is 4.79 Å². The van der Waals surface area contributed by atoms with E-state index < -0.39 is 0 Å². The standard InChI is InChI=1S/C10H20N2O2/c1-8(7-14-3)12(2)10(13)9-4-5-11-6-9/h8-9,11H,4-7H2,1-3H3. The molecule has 1 aliphatic rings. The molecule has 1 heterocycles. The Morgan fingerprint density at radius 1 is 1.71 bits per heavy atom. The van der Waals surface area contributed by atoms with Gasteiger partial charge in [-0.2, -0.15) is 0 Å². The summed E-state index contributed by atoms with van der Waals surface area (Å²) in [5.41, 5.74) is 0. The molecule has 2 unspecified atom stereocenters. The van der Waals surface area contributed by atoms with Crippen LogP contribution < -0.4 is 5.32 Å². The average Bonchev–Trinajstić information content (AvgIpc) is 2.68. The van der Waals surface area contributed by atoms with Crippen molar-refractivity contribution in [1.29, 1.82) is 0 Å². The van der Waals surface area contributed by atoms with Crippen molar-refractivity contribution in [3.8, 4) is 0 Å². The lowest BCUT2D eigenvalue weighted by Gasteiger charge is -2.26. The molecule has 14 heavy (non-hydrogen) atoms. The van der Waals surface area contributed by atoms with Gasteiger partial charge in [-0.05, 0) is 19.9 Å². The molecule has 1 amide bonds. The number of likely N-dealkylation sites (N-methyl/N-ethyl adjacent to an activating group) is 1. The SMILES string of the molecule is COCC(C)N(C)C(=O)C1CCNC1. The summed E-state index contributed by atoms with van der Waals surface area (Å²) in [5.74, 6) is 0.402. The van der Waals surface area contributed by atoms with Crippen molar-refractivity contribution in [1.82, 2.24) is 10.2 Å². The molecule has 2 atom stereocenters. The summed E-state index contributed by atoms with van der Waals surface area (Å²) in [6.45, 7) is 4.39. The maximum absolute atomic E-state index is 11.9. The van der Waals surface area contributed by atoms with Gasteiger partial charge in [0.15, 0.2) is 0 Å². The predicted octanol–water partition coefficient (Wildman–Crippen LogP) is 0.0892.